The molecule has 6 nitrogen and oxygen atoms in total. The van der Waals surface area contributed by atoms with Crippen molar-refractivity contribution in [2.45, 2.75) is 258 Å². The zero-order valence-electron chi connectivity index (χ0n) is 41.3. The molecule has 362 valence electrons. The summed E-state index contributed by atoms with van der Waals surface area (Å²) in [6, 6.07) is 0. The van der Waals surface area contributed by atoms with Crippen molar-refractivity contribution in [3.63, 3.8) is 0 Å². The maximum absolute atomic E-state index is 12.8. The van der Waals surface area contributed by atoms with Crippen LogP contribution in [0.1, 0.15) is 252 Å². The van der Waals surface area contributed by atoms with Crippen molar-refractivity contribution in [2.75, 3.05) is 13.2 Å². The smallest absolute Gasteiger partial charge is 0.306 e. The topological polar surface area (TPSA) is 78.9 Å². The van der Waals surface area contributed by atoms with Gasteiger partial charge in [-0.2, -0.15) is 0 Å². The molecule has 0 aromatic carbocycles. The Bertz CT molecular complexity index is 1190. The van der Waals surface area contributed by atoms with Gasteiger partial charge >= 0.3 is 17.9 Å². The minimum absolute atomic E-state index is 0.0815. The predicted molar refractivity (Wildman–Crippen MR) is 270 cm³/mol. The molecule has 0 N–H and O–H groups in total. The molecule has 0 aromatic rings. The number of carbonyl (C=O) groups is 3. The first-order chi connectivity index (χ1) is 31.0. The van der Waals surface area contributed by atoms with Crippen LogP contribution in [0.5, 0.6) is 0 Å². The molecule has 1 atom stereocenters. The van der Waals surface area contributed by atoms with Crippen molar-refractivity contribution in [1.29, 1.82) is 0 Å². The van der Waals surface area contributed by atoms with Crippen molar-refractivity contribution in [2.24, 2.45) is 0 Å². The van der Waals surface area contributed by atoms with Crippen LogP contribution in [0.3, 0.4) is 0 Å². The molecule has 0 saturated heterocycles. The fraction of sp³-hybridized carbons (Fsp3) is 0.737. The molecule has 0 aliphatic rings. The van der Waals surface area contributed by atoms with Gasteiger partial charge in [0.2, 0.25) is 0 Å². The van der Waals surface area contributed by atoms with Gasteiger partial charge in [-0.25, -0.2) is 0 Å². The number of rotatable bonds is 47. The van der Waals surface area contributed by atoms with Crippen LogP contribution in [0.4, 0.5) is 0 Å². The van der Waals surface area contributed by atoms with Crippen LogP contribution in [-0.4, -0.2) is 37.2 Å². The highest BCUT2D eigenvalue weighted by molar-refractivity contribution is 5.71. The molecule has 0 rings (SSSR count). The average molecular weight is 879 g/mol. The molecule has 0 aliphatic carbocycles. The average Bonchev–Trinajstić information content (AvgIpc) is 3.28. The number of ether oxygens (including phenoxy) is 3. The van der Waals surface area contributed by atoms with Gasteiger partial charge in [0.15, 0.2) is 6.10 Å². The van der Waals surface area contributed by atoms with Gasteiger partial charge in [0.1, 0.15) is 13.2 Å². The summed E-state index contributed by atoms with van der Waals surface area (Å²) < 4.78 is 16.7. The summed E-state index contributed by atoms with van der Waals surface area (Å²) in [4.78, 5) is 37.8. The van der Waals surface area contributed by atoms with Crippen molar-refractivity contribution >= 4 is 17.9 Å². The van der Waals surface area contributed by atoms with Crippen LogP contribution in [-0.2, 0) is 28.6 Å². The molecule has 0 bridgehead atoms. The van der Waals surface area contributed by atoms with E-state index in [0.29, 0.717) is 19.3 Å². The summed E-state index contributed by atoms with van der Waals surface area (Å²) in [6.07, 6.45) is 64.7. The molecule has 0 fully saturated rings. The maximum Gasteiger partial charge on any atom is 0.306 e. The van der Waals surface area contributed by atoms with Crippen LogP contribution in [0.2, 0.25) is 0 Å². The van der Waals surface area contributed by atoms with Crippen molar-refractivity contribution in [1.82, 2.24) is 0 Å². The van der Waals surface area contributed by atoms with Gasteiger partial charge in [-0.1, -0.05) is 216 Å². The van der Waals surface area contributed by atoms with E-state index in [0.717, 1.165) is 109 Å². The second-order valence-electron chi connectivity index (χ2n) is 17.4. The fourth-order valence-electron chi connectivity index (χ4n) is 7.23. The first-order valence-electron chi connectivity index (χ1n) is 26.4. The van der Waals surface area contributed by atoms with E-state index in [1.807, 2.05) is 0 Å². The minimum atomic E-state index is -0.780. The Balaban J connectivity index is 4.25. The quantitative estimate of drug-likeness (QED) is 0.0262. The summed E-state index contributed by atoms with van der Waals surface area (Å²) >= 11 is 0. The van der Waals surface area contributed by atoms with Crippen LogP contribution >= 0.6 is 0 Å². The van der Waals surface area contributed by atoms with Crippen molar-refractivity contribution < 1.29 is 28.6 Å². The molecule has 0 aliphatic heterocycles. The van der Waals surface area contributed by atoms with E-state index >= 15 is 0 Å². The van der Waals surface area contributed by atoms with Gasteiger partial charge in [-0.3, -0.25) is 14.4 Å². The zero-order valence-corrected chi connectivity index (χ0v) is 41.3. The molecular formula is C57H98O6. The lowest BCUT2D eigenvalue weighted by Gasteiger charge is -2.18. The molecule has 63 heavy (non-hydrogen) atoms. The summed E-state index contributed by atoms with van der Waals surface area (Å²) in [6.45, 7) is 6.46. The summed E-state index contributed by atoms with van der Waals surface area (Å²) in [5.74, 6) is -0.906. The predicted octanol–water partition coefficient (Wildman–Crippen LogP) is 17.4. The van der Waals surface area contributed by atoms with Crippen LogP contribution in [0.15, 0.2) is 72.9 Å². The normalized spacial score (nSPS) is 12.6. The van der Waals surface area contributed by atoms with Gasteiger partial charge in [0, 0.05) is 19.3 Å². The Kier molecular flexibility index (Phi) is 48.9. The van der Waals surface area contributed by atoms with Gasteiger partial charge < -0.3 is 14.2 Å². The fourth-order valence-corrected chi connectivity index (χ4v) is 7.23. The molecule has 0 radical (unpaired) electrons. The molecule has 0 spiro atoms. The highest BCUT2D eigenvalue weighted by Gasteiger charge is 2.19. The summed E-state index contributed by atoms with van der Waals surface area (Å²) in [7, 11) is 0. The lowest BCUT2D eigenvalue weighted by atomic mass is 10.1. The van der Waals surface area contributed by atoms with E-state index in [-0.39, 0.29) is 31.1 Å². The van der Waals surface area contributed by atoms with Crippen molar-refractivity contribution in [3.8, 4) is 0 Å². The van der Waals surface area contributed by atoms with Crippen LogP contribution in [0, 0.1) is 0 Å². The van der Waals surface area contributed by atoms with Crippen LogP contribution in [0.25, 0.3) is 0 Å². The van der Waals surface area contributed by atoms with Gasteiger partial charge in [0.05, 0.1) is 0 Å². The Hall–Kier alpha value is -3.15. The summed E-state index contributed by atoms with van der Waals surface area (Å²) in [5, 5.41) is 0. The number of allylic oxidation sites excluding steroid dienone is 12. The first-order valence-corrected chi connectivity index (χ1v) is 26.4. The number of hydrogen-bond donors (Lipinski definition) is 0. The standard InChI is InChI=1S/C57H98O6/c1-4-7-10-13-16-18-20-22-24-25-26-27-28-29-30-31-33-34-36-38-41-44-47-50-56(59)62-53-54(52-61-55(58)49-46-43-40-15-12-9-6-3)63-57(60)51-48-45-42-39-37-35-32-23-21-19-17-14-11-8-5-2/h7,10,16,18,22-24,26-27,29-30,32,54H,4-6,8-9,11-15,17,19-21,25,28,31,33-53H2,1-3H3/b10-7-,18-16-,24-22-,27-26-,30-29-,32-23-. The largest absolute Gasteiger partial charge is 0.462 e. The van der Waals surface area contributed by atoms with Gasteiger partial charge in [-0.05, 0) is 89.9 Å². The molecule has 0 saturated carbocycles. The molecule has 0 amide bonds. The molecular weight excluding hydrogens is 781 g/mol. The number of esters is 3. The number of carbonyl (C=O) groups excluding carboxylic acids is 3. The molecule has 1 unspecified atom stereocenters. The highest BCUT2D eigenvalue weighted by Crippen LogP contribution is 2.14. The van der Waals surface area contributed by atoms with Crippen LogP contribution < -0.4 is 0 Å². The number of hydrogen-bond acceptors (Lipinski definition) is 6. The number of unbranched alkanes of at least 4 members (excludes halogenated alkanes) is 24. The molecule has 6 heteroatoms. The van der Waals surface area contributed by atoms with Crippen molar-refractivity contribution in [3.05, 3.63) is 72.9 Å². The highest BCUT2D eigenvalue weighted by atomic mass is 16.6. The Morgan fingerprint density at radius 1 is 0.333 bits per heavy atom. The lowest BCUT2D eigenvalue weighted by Crippen LogP contribution is -2.30. The monoisotopic (exact) mass is 879 g/mol. The maximum atomic E-state index is 12.8. The minimum Gasteiger partial charge on any atom is -0.462 e. The van der Waals surface area contributed by atoms with Gasteiger partial charge in [-0.15, -0.1) is 0 Å². The lowest BCUT2D eigenvalue weighted by molar-refractivity contribution is -0.167. The molecule has 0 heterocycles. The first kappa shape index (κ1) is 59.9. The third-order valence-corrected chi connectivity index (χ3v) is 11.2. The Morgan fingerprint density at radius 2 is 0.619 bits per heavy atom. The summed E-state index contributed by atoms with van der Waals surface area (Å²) in [5.41, 5.74) is 0. The van der Waals surface area contributed by atoms with E-state index in [1.165, 1.54) is 103 Å². The second-order valence-corrected chi connectivity index (χ2v) is 17.4. The van der Waals surface area contributed by atoms with E-state index in [9.17, 15) is 14.4 Å². The SMILES string of the molecule is CC/C=C\C/C=C\C/C=C\C/C=C\C/C=C\CCCCCCCCCC(=O)OCC(COC(=O)CCCCCCCCC)OC(=O)CCCCCCC/C=C\CCCCCCCC. The van der Waals surface area contributed by atoms with E-state index in [2.05, 4.69) is 93.7 Å². The Morgan fingerprint density at radius 3 is 0.984 bits per heavy atom. The van der Waals surface area contributed by atoms with E-state index in [4.69, 9.17) is 14.2 Å². The van der Waals surface area contributed by atoms with E-state index < -0.39 is 6.10 Å². The van der Waals surface area contributed by atoms with E-state index in [1.54, 1.807) is 0 Å². The third kappa shape index (κ3) is 49.7. The van der Waals surface area contributed by atoms with Gasteiger partial charge in [0.25, 0.3) is 0 Å². The second kappa shape index (κ2) is 51.5. The zero-order chi connectivity index (χ0) is 45.8. The third-order valence-electron chi connectivity index (χ3n) is 11.2. The molecule has 0 aromatic heterocycles. The Labute approximate surface area is 389 Å².